The van der Waals surface area contributed by atoms with Crippen LogP contribution in [-0.2, 0) is 9.53 Å². The fraction of sp³-hybridized carbons (Fsp3) is 0.500. The van der Waals surface area contributed by atoms with Crippen LogP contribution in [0.3, 0.4) is 0 Å². The van der Waals surface area contributed by atoms with E-state index in [4.69, 9.17) is 4.74 Å². The Labute approximate surface area is 107 Å². The first-order chi connectivity index (χ1) is 8.72. The first-order valence-corrected chi connectivity index (χ1v) is 6.35. The number of carbonyl (C=O) groups excluding carboxylic acids is 1. The summed E-state index contributed by atoms with van der Waals surface area (Å²) < 4.78 is 18.1. The van der Waals surface area contributed by atoms with Crippen molar-refractivity contribution in [3.05, 3.63) is 35.6 Å². The van der Waals surface area contributed by atoms with Gasteiger partial charge in [0.05, 0.1) is 6.04 Å². The average molecular weight is 251 g/mol. The van der Waals surface area contributed by atoms with Gasteiger partial charge in [-0.3, -0.25) is 4.79 Å². The molecule has 3 nitrogen and oxygen atoms in total. The third-order valence-corrected chi connectivity index (χ3v) is 3.26. The van der Waals surface area contributed by atoms with Gasteiger partial charge in [0.15, 0.2) is 0 Å². The topological polar surface area (TPSA) is 29.5 Å². The van der Waals surface area contributed by atoms with Crippen LogP contribution in [-0.4, -0.2) is 30.6 Å². The van der Waals surface area contributed by atoms with E-state index in [0.29, 0.717) is 6.61 Å². The van der Waals surface area contributed by atoms with Crippen LogP contribution in [0.5, 0.6) is 0 Å². The van der Waals surface area contributed by atoms with Crippen molar-refractivity contribution >= 4 is 5.91 Å². The van der Waals surface area contributed by atoms with Crippen LogP contribution in [0.15, 0.2) is 24.3 Å². The summed E-state index contributed by atoms with van der Waals surface area (Å²) in [6.45, 7) is 3.30. The summed E-state index contributed by atoms with van der Waals surface area (Å²) >= 11 is 0. The van der Waals surface area contributed by atoms with Crippen molar-refractivity contribution in [2.45, 2.75) is 25.8 Å². The molecule has 0 saturated carbocycles. The lowest BCUT2D eigenvalue weighted by molar-refractivity contribution is -0.136. The molecule has 1 saturated heterocycles. The maximum Gasteiger partial charge on any atom is 0.249 e. The Morgan fingerprint density at radius 1 is 1.44 bits per heavy atom. The summed E-state index contributed by atoms with van der Waals surface area (Å²) in [6, 6.07) is 6.47. The van der Waals surface area contributed by atoms with Gasteiger partial charge in [0.25, 0.3) is 0 Å². The van der Waals surface area contributed by atoms with Gasteiger partial charge in [-0.25, -0.2) is 4.39 Å². The van der Waals surface area contributed by atoms with Gasteiger partial charge >= 0.3 is 0 Å². The van der Waals surface area contributed by atoms with Crippen LogP contribution < -0.4 is 0 Å². The fourth-order valence-electron chi connectivity index (χ4n) is 2.37. The Bertz CT molecular complexity index is 405. The maximum atomic E-state index is 12.9. The Morgan fingerprint density at radius 2 is 2.17 bits per heavy atom. The molecule has 0 bridgehead atoms. The second-order valence-electron chi connectivity index (χ2n) is 4.43. The molecule has 1 aromatic rings. The minimum Gasteiger partial charge on any atom is -0.372 e. The van der Waals surface area contributed by atoms with Crippen molar-refractivity contribution < 1.29 is 13.9 Å². The highest BCUT2D eigenvalue weighted by molar-refractivity contribution is 5.78. The summed E-state index contributed by atoms with van der Waals surface area (Å²) in [7, 11) is 0. The number of benzene rings is 1. The van der Waals surface area contributed by atoms with Crippen molar-refractivity contribution in [3.8, 4) is 0 Å². The number of amides is 1. The van der Waals surface area contributed by atoms with Gasteiger partial charge in [-0.2, -0.15) is 0 Å². The van der Waals surface area contributed by atoms with E-state index < -0.39 is 0 Å². The van der Waals surface area contributed by atoms with E-state index >= 15 is 0 Å². The van der Waals surface area contributed by atoms with Crippen LogP contribution in [0.1, 0.15) is 31.4 Å². The molecular formula is C14H18FNO2. The molecule has 0 radical (unpaired) electrons. The smallest absolute Gasteiger partial charge is 0.249 e. The van der Waals surface area contributed by atoms with Gasteiger partial charge in [-0.1, -0.05) is 12.1 Å². The molecule has 0 aliphatic carbocycles. The summed E-state index contributed by atoms with van der Waals surface area (Å²) in [4.78, 5) is 13.8. The largest absolute Gasteiger partial charge is 0.372 e. The van der Waals surface area contributed by atoms with Gasteiger partial charge < -0.3 is 9.64 Å². The average Bonchev–Trinajstić information content (AvgIpc) is 2.86. The van der Waals surface area contributed by atoms with E-state index in [1.165, 1.54) is 12.1 Å². The number of ether oxygens (including phenoxy) is 1. The lowest BCUT2D eigenvalue weighted by Crippen LogP contribution is -2.33. The number of nitrogens with zero attached hydrogens (tertiary/aromatic N) is 1. The van der Waals surface area contributed by atoms with Gasteiger partial charge in [-0.15, -0.1) is 0 Å². The Hall–Kier alpha value is -1.42. The van der Waals surface area contributed by atoms with E-state index in [0.717, 1.165) is 24.9 Å². The fourth-order valence-corrected chi connectivity index (χ4v) is 2.37. The number of likely N-dealkylation sites (tertiary alicyclic amines) is 1. The second-order valence-corrected chi connectivity index (χ2v) is 4.43. The van der Waals surface area contributed by atoms with E-state index in [-0.39, 0.29) is 24.4 Å². The highest BCUT2D eigenvalue weighted by Gasteiger charge is 2.29. The first-order valence-electron chi connectivity index (χ1n) is 6.35. The predicted molar refractivity (Wildman–Crippen MR) is 66.6 cm³/mol. The molecule has 98 valence electrons. The summed E-state index contributed by atoms with van der Waals surface area (Å²) in [5, 5.41) is 0. The molecule has 1 amide bonds. The Kier molecular flexibility index (Phi) is 4.31. The van der Waals surface area contributed by atoms with Crippen molar-refractivity contribution in [2.75, 3.05) is 19.8 Å². The first kappa shape index (κ1) is 13.0. The summed E-state index contributed by atoms with van der Waals surface area (Å²) in [6.07, 6.45) is 1.92. The van der Waals surface area contributed by atoms with Crippen molar-refractivity contribution in [1.29, 1.82) is 0 Å². The standard InChI is InChI=1S/C14H18FNO2/c1-2-18-10-14(17)16-9-3-4-13(16)11-5-7-12(15)8-6-11/h5-8,13H,2-4,9-10H2,1H3. The molecule has 1 fully saturated rings. The van der Waals surface area contributed by atoms with E-state index in [2.05, 4.69) is 0 Å². The number of halogens is 1. The highest BCUT2D eigenvalue weighted by atomic mass is 19.1. The van der Waals surface area contributed by atoms with Crippen LogP contribution in [0.2, 0.25) is 0 Å². The molecule has 1 aliphatic heterocycles. The van der Waals surface area contributed by atoms with Gasteiger partial charge in [-0.05, 0) is 37.5 Å². The molecular weight excluding hydrogens is 233 g/mol. The molecule has 0 aromatic heterocycles. The zero-order valence-electron chi connectivity index (χ0n) is 10.6. The quantitative estimate of drug-likeness (QED) is 0.823. The summed E-state index contributed by atoms with van der Waals surface area (Å²) in [5.74, 6) is -0.229. The Morgan fingerprint density at radius 3 is 2.83 bits per heavy atom. The van der Waals surface area contributed by atoms with E-state index in [1.807, 2.05) is 11.8 Å². The summed E-state index contributed by atoms with van der Waals surface area (Å²) in [5.41, 5.74) is 0.999. The molecule has 1 heterocycles. The van der Waals surface area contributed by atoms with E-state index in [1.54, 1.807) is 12.1 Å². The lowest BCUT2D eigenvalue weighted by atomic mass is 10.0. The lowest BCUT2D eigenvalue weighted by Gasteiger charge is -2.25. The molecule has 0 spiro atoms. The van der Waals surface area contributed by atoms with Crippen molar-refractivity contribution in [2.24, 2.45) is 0 Å². The van der Waals surface area contributed by atoms with Gasteiger partial charge in [0, 0.05) is 13.2 Å². The van der Waals surface area contributed by atoms with Crippen molar-refractivity contribution in [1.82, 2.24) is 4.90 Å². The molecule has 4 heteroatoms. The van der Waals surface area contributed by atoms with Crippen LogP contribution >= 0.6 is 0 Å². The van der Waals surface area contributed by atoms with Crippen LogP contribution in [0, 0.1) is 5.82 Å². The number of hydrogen-bond acceptors (Lipinski definition) is 2. The molecule has 1 aromatic carbocycles. The molecule has 18 heavy (non-hydrogen) atoms. The maximum absolute atomic E-state index is 12.9. The zero-order valence-corrected chi connectivity index (χ0v) is 10.6. The SMILES string of the molecule is CCOCC(=O)N1CCCC1c1ccc(F)cc1. The van der Waals surface area contributed by atoms with Gasteiger partial charge in [0.1, 0.15) is 12.4 Å². The molecule has 0 N–H and O–H groups in total. The molecule has 1 atom stereocenters. The predicted octanol–water partition coefficient (Wildman–Crippen LogP) is 2.53. The molecule has 1 aliphatic rings. The highest BCUT2D eigenvalue weighted by Crippen LogP contribution is 2.31. The minimum atomic E-state index is -0.246. The number of hydrogen-bond donors (Lipinski definition) is 0. The molecule has 1 unspecified atom stereocenters. The zero-order chi connectivity index (χ0) is 13.0. The number of carbonyl (C=O) groups is 1. The second kappa shape index (κ2) is 5.96. The molecule has 2 rings (SSSR count). The monoisotopic (exact) mass is 251 g/mol. The van der Waals surface area contributed by atoms with Crippen LogP contribution in [0.25, 0.3) is 0 Å². The van der Waals surface area contributed by atoms with Crippen LogP contribution in [0.4, 0.5) is 4.39 Å². The number of rotatable bonds is 4. The normalized spacial score (nSPS) is 19.2. The third-order valence-electron chi connectivity index (χ3n) is 3.26. The van der Waals surface area contributed by atoms with Gasteiger partial charge in [0.2, 0.25) is 5.91 Å². The Balaban J connectivity index is 2.07. The van der Waals surface area contributed by atoms with Crippen molar-refractivity contribution in [3.63, 3.8) is 0 Å². The minimum absolute atomic E-state index is 0.0173. The van der Waals surface area contributed by atoms with E-state index in [9.17, 15) is 9.18 Å². The third kappa shape index (κ3) is 2.88.